The van der Waals surface area contributed by atoms with Gasteiger partial charge >= 0.3 is 5.97 Å². The van der Waals surface area contributed by atoms with Crippen molar-refractivity contribution in [3.63, 3.8) is 0 Å². The minimum Gasteiger partial charge on any atom is -0.481 e. The molecule has 6 heteroatoms. The van der Waals surface area contributed by atoms with Crippen molar-refractivity contribution in [3.05, 3.63) is 41.4 Å². The molecule has 0 aliphatic heterocycles. The van der Waals surface area contributed by atoms with Gasteiger partial charge in [-0.3, -0.25) is 9.59 Å². The highest BCUT2D eigenvalue weighted by Gasteiger charge is 2.29. The van der Waals surface area contributed by atoms with Crippen LogP contribution in [0.15, 0.2) is 35.7 Å². The molecule has 5 nitrogen and oxygen atoms in total. The molecule has 1 fully saturated rings. The molecule has 0 spiro atoms. The fraction of sp³-hybridized carbons (Fsp3) is 0.421. The molecule has 0 atom stereocenters. The molecule has 25 heavy (non-hydrogen) atoms. The van der Waals surface area contributed by atoms with E-state index in [-0.39, 0.29) is 17.7 Å². The summed E-state index contributed by atoms with van der Waals surface area (Å²) in [6.45, 7) is 0.565. The van der Waals surface area contributed by atoms with Gasteiger partial charge in [-0.15, -0.1) is 11.3 Å². The maximum Gasteiger partial charge on any atom is 0.306 e. The van der Waals surface area contributed by atoms with Gasteiger partial charge in [-0.1, -0.05) is 30.3 Å². The predicted octanol–water partition coefficient (Wildman–Crippen LogP) is 3.36. The Morgan fingerprint density at radius 3 is 2.48 bits per heavy atom. The number of thiazole rings is 1. The Morgan fingerprint density at radius 2 is 1.80 bits per heavy atom. The van der Waals surface area contributed by atoms with Gasteiger partial charge in [0.1, 0.15) is 5.01 Å². The van der Waals surface area contributed by atoms with Crippen LogP contribution in [0.3, 0.4) is 0 Å². The highest BCUT2D eigenvalue weighted by atomic mass is 32.1. The SMILES string of the molecule is O=C(O)C1CCC(C(=O)NCCc2csc(-c3ccccc3)n2)CC1. The first-order valence-corrected chi connectivity index (χ1v) is 9.52. The summed E-state index contributed by atoms with van der Waals surface area (Å²) in [5.74, 6) is -1.03. The maximum atomic E-state index is 12.2. The second-order valence-corrected chi connectivity index (χ2v) is 7.30. The van der Waals surface area contributed by atoms with Crippen LogP contribution in [0.25, 0.3) is 10.6 Å². The van der Waals surface area contributed by atoms with E-state index in [2.05, 4.69) is 10.3 Å². The number of hydrogen-bond donors (Lipinski definition) is 2. The zero-order chi connectivity index (χ0) is 17.6. The van der Waals surface area contributed by atoms with Crippen LogP contribution < -0.4 is 5.32 Å². The number of carboxylic acids is 1. The van der Waals surface area contributed by atoms with E-state index < -0.39 is 5.97 Å². The monoisotopic (exact) mass is 358 g/mol. The van der Waals surface area contributed by atoms with Gasteiger partial charge in [0.25, 0.3) is 0 Å². The molecule has 132 valence electrons. The number of hydrogen-bond acceptors (Lipinski definition) is 4. The minimum atomic E-state index is -0.739. The van der Waals surface area contributed by atoms with Crippen molar-refractivity contribution in [2.75, 3.05) is 6.54 Å². The molecule has 3 rings (SSSR count). The van der Waals surface area contributed by atoms with Crippen molar-refractivity contribution in [2.24, 2.45) is 11.8 Å². The van der Waals surface area contributed by atoms with Crippen LogP contribution in [-0.4, -0.2) is 28.5 Å². The Bertz CT molecular complexity index is 721. The molecule has 1 amide bonds. The van der Waals surface area contributed by atoms with Gasteiger partial charge in [-0.25, -0.2) is 4.98 Å². The van der Waals surface area contributed by atoms with Crippen molar-refractivity contribution >= 4 is 23.2 Å². The van der Waals surface area contributed by atoms with Crippen LogP contribution in [0, 0.1) is 11.8 Å². The molecule has 1 aliphatic carbocycles. The molecule has 1 heterocycles. The Labute approximate surface area is 151 Å². The zero-order valence-corrected chi connectivity index (χ0v) is 14.8. The van der Waals surface area contributed by atoms with Crippen molar-refractivity contribution in [2.45, 2.75) is 32.1 Å². The largest absolute Gasteiger partial charge is 0.481 e. The molecule has 1 aliphatic rings. The zero-order valence-electron chi connectivity index (χ0n) is 14.0. The first kappa shape index (κ1) is 17.6. The van der Waals surface area contributed by atoms with Crippen molar-refractivity contribution in [1.29, 1.82) is 0 Å². The van der Waals surface area contributed by atoms with E-state index in [0.29, 0.717) is 38.6 Å². The second kappa shape index (κ2) is 8.25. The molecule has 0 unspecified atom stereocenters. The van der Waals surface area contributed by atoms with Crippen LogP contribution in [0.4, 0.5) is 0 Å². The van der Waals surface area contributed by atoms with Crippen LogP contribution >= 0.6 is 11.3 Å². The number of rotatable bonds is 6. The van der Waals surface area contributed by atoms with Gasteiger partial charge in [0, 0.05) is 29.8 Å². The third kappa shape index (κ3) is 4.66. The molecule has 1 saturated carbocycles. The normalized spacial score (nSPS) is 20.2. The third-order valence-corrected chi connectivity index (χ3v) is 5.64. The summed E-state index contributed by atoms with van der Waals surface area (Å²) in [7, 11) is 0. The van der Waals surface area contributed by atoms with Crippen LogP contribution in [0.5, 0.6) is 0 Å². The van der Waals surface area contributed by atoms with Gasteiger partial charge in [-0.2, -0.15) is 0 Å². The lowest BCUT2D eigenvalue weighted by Crippen LogP contribution is -2.35. The molecular formula is C19H22N2O3S. The Balaban J connectivity index is 1.43. The average molecular weight is 358 g/mol. The Kier molecular flexibility index (Phi) is 5.81. The maximum absolute atomic E-state index is 12.2. The Hall–Kier alpha value is -2.21. The molecular weight excluding hydrogens is 336 g/mol. The lowest BCUT2D eigenvalue weighted by atomic mass is 9.81. The molecule has 0 bridgehead atoms. The number of carbonyl (C=O) groups excluding carboxylic acids is 1. The summed E-state index contributed by atoms with van der Waals surface area (Å²) in [5, 5.41) is 15.0. The summed E-state index contributed by atoms with van der Waals surface area (Å²) in [6, 6.07) is 10.1. The first-order valence-electron chi connectivity index (χ1n) is 8.64. The number of benzene rings is 1. The van der Waals surface area contributed by atoms with E-state index in [4.69, 9.17) is 5.11 Å². The average Bonchev–Trinajstić information content (AvgIpc) is 3.11. The highest BCUT2D eigenvalue weighted by molar-refractivity contribution is 7.13. The quantitative estimate of drug-likeness (QED) is 0.830. The predicted molar refractivity (Wildman–Crippen MR) is 97.3 cm³/mol. The molecule has 1 aromatic heterocycles. The van der Waals surface area contributed by atoms with Crippen molar-refractivity contribution in [3.8, 4) is 10.6 Å². The Morgan fingerprint density at radius 1 is 1.12 bits per heavy atom. The molecule has 2 N–H and O–H groups in total. The van der Waals surface area contributed by atoms with Gasteiger partial charge in [0.2, 0.25) is 5.91 Å². The van der Waals surface area contributed by atoms with Gasteiger partial charge < -0.3 is 10.4 Å². The summed E-state index contributed by atoms with van der Waals surface area (Å²) < 4.78 is 0. The molecule has 2 aromatic rings. The minimum absolute atomic E-state index is 0.0438. The van der Waals surface area contributed by atoms with Crippen LogP contribution in [0.2, 0.25) is 0 Å². The van der Waals surface area contributed by atoms with E-state index in [9.17, 15) is 9.59 Å². The van der Waals surface area contributed by atoms with E-state index in [1.807, 2.05) is 35.7 Å². The summed E-state index contributed by atoms with van der Waals surface area (Å²) in [5.41, 5.74) is 2.09. The second-order valence-electron chi connectivity index (χ2n) is 6.44. The van der Waals surface area contributed by atoms with Crippen molar-refractivity contribution < 1.29 is 14.7 Å². The smallest absolute Gasteiger partial charge is 0.306 e. The standard InChI is InChI=1S/C19H22N2O3S/c22-17(13-6-8-15(9-7-13)19(23)24)20-11-10-16-12-25-18(21-16)14-4-2-1-3-5-14/h1-5,12-13,15H,6-11H2,(H,20,22)(H,23,24). The summed E-state index contributed by atoms with van der Waals surface area (Å²) in [4.78, 5) is 27.8. The van der Waals surface area contributed by atoms with Crippen LogP contribution in [0.1, 0.15) is 31.4 Å². The first-order chi connectivity index (χ1) is 12.1. The number of carboxylic acid groups (broad SMARTS) is 1. The van der Waals surface area contributed by atoms with Gasteiger partial charge in [0.05, 0.1) is 11.6 Å². The number of aliphatic carboxylic acids is 1. The molecule has 1 aromatic carbocycles. The fourth-order valence-corrected chi connectivity index (χ4v) is 4.06. The van der Waals surface area contributed by atoms with E-state index >= 15 is 0 Å². The summed E-state index contributed by atoms with van der Waals surface area (Å²) >= 11 is 1.61. The number of nitrogens with zero attached hydrogens (tertiary/aromatic N) is 1. The molecule has 0 saturated heterocycles. The lowest BCUT2D eigenvalue weighted by molar-refractivity contribution is -0.144. The van der Waals surface area contributed by atoms with Crippen molar-refractivity contribution in [1.82, 2.24) is 10.3 Å². The number of amides is 1. The van der Waals surface area contributed by atoms with Crippen LogP contribution in [-0.2, 0) is 16.0 Å². The lowest BCUT2D eigenvalue weighted by Gasteiger charge is -2.25. The van der Waals surface area contributed by atoms with E-state index in [1.54, 1.807) is 11.3 Å². The number of nitrogens with one attached hydrogen (secondary N) is 1. The van der Waals surface area contributed by atoms with Gasteiger partial charge in [0.15, 0.2) is 0 Å². The number of aromatic nitrogens is 1. The van der Waals surface area contributed by atoms with E-state index in [0.717, 1.165) is 16.3 Å². The van der Waals surface area contributed by atoms with Gasteiger partial charge in [-0.05, 0) is 25.7 Å². The van der Waals surface area contributed by atoms with E-state index in [1.165, 1.54) is 0 Å². The topological polar surface area (TPSA) is 79.3 Å². The summed E-state index contributed by atoms with van der Waals surface area (Å²) in [6.07, 6.45) is 3.23. The molecule has 0 radical (unpaired) electrons. The number of carbonyl (C=O) groups is 2. The highest BCUT2D eigenvalue weighted by Crippen LogP contribution is 2.29. The fourth-order valence-electron chi connectivity index (χ4n) is 3.20. The third-order valence-electron chi connectivity index (χ3n) is 4.70.